The van der Waals surface area contributed by atoms with E-state index >= 15 is 0 Å². The molecule has 11 rings (SSSR count). The Morgan fingerprint density at radius 1 is 0.458 bits per heavy atom. The van der Waals surface area contributed by atoms with E-state index in [0.717, 1.165) is 51.3 Å². The predicted molar refractivity (Wildman–Crippen MR) is 248 cm³/mol. The number of aromatic nitrogens is 4. The van der Waals surface area contributed by atoms with Crippen molar-refractivity contribution in [3.05, 3.63) is 188 Å². The highest BCUT2D eigenvalue weighted by molar-refractivity contribution is 6.19. The minimum atomic E-state index is 0.429. The molecule has 2 aromatic heterocycles. The van der Waals surface area contributed by atoms with Gasteiger partial charge in [0.15, 0.2) is 0 Å². The van der Waals surface area contributed by atoms with Crippen LogP contribution in [0.25, 0.3) is 105 Å². The molecule has 0 radical (unpaired) electrons. The molecule has 0 amide bonds. The first-order chi connectivity index (χ1) is 29.0. The molecule has 0 saturated heterocycles. The molecule has 8 aromatic carbocycles. The summed E-state index contributed by atoms with van der Waals surface area (Å²) in [6, 6.07) is 59.7. The zero-order chi connectivity index (χ0) is 39.6. The Labute approximate surface area is 344 Å². The number of hydrogen-bond donors (Lipinski definition) is 0. The van der Waals surface area contributed by atoms with Crippen LogP contribution in [-0.4, -0.2) is 19.1 Å². The Balaban J connectivity index is 1.15. The number of allylic oxidation sites excluding steroid dienone is 4. The van der Waals surface area contributed by atoms with Crippen LogP contribution in [0.5, 0.6) is 0 Å². The molecule has 4 nitrogen and oxygen atoms in total. The predicted octanol–water partition coefficient (Wildman–Crippen LogP) is 14.1. The SMILES string of the molecule is CC1CC=CC=C1c1nc2ccc(-c3cccc4c(-c5cccc(-c6ccccc6)c5)c5cccc(-c6ccc7nc(-c8ccccc8)n(C)c7c6)c5cc34)cc2n1C. The third kappa shape index (κ3) is 5.82. The highest BCUT2D eigenvalue weighted by Gasteiger charge is 2.21. The molecular weight excluding hydrogens is 717 g/mol. The Kier molecular flexibility index (Phi) is 8.26. The first-order valence-electron chi connectivity index (χ1n) is 20.5. The summed E-state index contributed by atoms with van der Waals surface area (Å²) >= 11 is 0. The van der Waals surface area contributed by atoms with Crippen molar-refractivity contribution in [1.82, 2.24) is 19.1 Å². The fourth-order valence-corrected chi connectivity index (χ4v) is 9.33. The molecule has 0 aliphatic heterocycles. The van der Waals surface area contributed by atoms with Gasteiger partial charge in [-0.3, -0.25) is 0 Å². The second-order valence-electron chi connectivity index (χ2n) is 15.9. The number of rotatable bonds is 6. The molecule has 1 atom stereocenters. The van der Waals surface area contributed by atoms with Gasteiger partial charge in [-0.2, -0.15) is 0 Å². The molecule has 0 bridgehead atoms. The minimum absolute atomic E-state index is 0.429. The lowest BCUT2D eigenvalue weighted by atomic mass is 9.85. The van der Waals surface area contributed by atoms with Crippen molar-refractivity contribution in [2.24, 2.45) is 20.0 Å². The Bertz CT molecular complexity index is 3330. The number of fused-ring (bicyclic) bond motifs is 4. The molecule has 0 N–H and O–H groups in total. The molecule has 59 heavy (non-hydrogen) atoms. The van der Waals surface area contributed by atoms with Gasteiger partial charge in [0.1, 0.15) is 11.6 Å². The smallest absolute Gasteiger partial charge is 0.140 e. The molecule has 1 unspecified atom stereocenters. The summed E-state index contributed by atoms with van der Waals surface area (Å²) in [4.78, 5) is 10.2. The van der Waals surface area contributed by atoms with Gasteiger partial charge < -0.3 is 9.13 Å². The molecule has 282 valence electrons. The maximum absolute atomic E-state index is 5.16. The van der Waals surface area contributed by atoms with E-state index in [4.69, 9.17) is 9.97 Å². The van der Waals surface area contributed by atoms with Crippen LogP contribution in [0.1, 0.15) is 19.2 Å². The zero-order valence-corrected chi connectivity index (χ0v) is 33.4. The third-order valence-electron chi connectivity index (χ3n) is 12.4. The fourth-order valence-electron chi connectivity index (χ4n) is 9.33. The van der Waals surface area contributed by atoms with Crippen LogP contribution < -0.4 is 0 Å². The number of hydrogen-bond acceptors (Lipinski definition) is 2. The van der Waals surface area contributed by atoms with Crippen LogP contribution in [0.2, 0.25) is 0 Å². The van der Waals surface area contributed by atoms with Gasteiger partial charge in [-0.25, -0.2) is 9.97 Å². The van der Waals surface area contributed by atoms with Crippen LogP contribution in [0.3, 0.4) is 0 Å². The molecular formula is C55H42N4. The number of aryl methyl sites for hydroxylation is 2. The summed E-state index contributed by atoms with van der Waals surface area (Å²) in [7, 11) is 4.27. The van der Waals surface area contributed by atoms with Gasteiger partial charge in [-0.1, -0.05) is 153 Å². The van der Waals surface area contributed by atoms with Crippen LogP contribution in [0.15, 0.2) is 182 Å². The quantitative estimate of drug-likeness (QED) is 0.158. The summed E-state index contributed by atoms with van der Waals surface area (Å²) in [6.07, 6.45) is 7.67. The summed E-state index contributed by atoms with van der Waals surface area (Å²) < 4.78 is 4.49. The van der Waals surface area contributed by atoms with E-state index in [1.807, 2.05) is 6.07 Å². The standard InChI is InChI=1S/C55H42N4/c1-35-15-10-11-22-42(35)55-57-50-30-28-40(33-52(50)59(55)3)44-24-14-26-46-48(44)34-47-43(39-27-29-49-51(32-39)58(2)54(56-49)37-18-8-5-9-19-37)23-13-25-45(47)53(46)41-21-12-20-38(31-41)36-16-6-4-7-17-36/h4-14,16-35H,15H2,1-3H3. The van der Waals surface area contributed by atoms with Crippen LogP contribution >= 0.6 is 0 Å². The van der Waals surface area contributed by atoms with Crippen molar-refractivity contribution in [2.45, 2.75) is 13.3 Å². The minimum Gasteiger partial charge on any atom is -0.327 e. The number of nitrogens with zero attached hydrogens (tertiary/aromatic N) is 4. The van der Waals surface area contributed by atoms with Gasteiger partial charge in [0, 0.05) is 19.7 Å². The van der Waals surface area contributed by atoms with Crippen molar-refractivity contribution in [2.75, 3.05) is 0 Å². The van der Waals surface area contributed by atoms with E-state index in [1.165, 1.54) is 66.1 Å². The van der Waals surface area contributed by atoms with E-state index in [2.05, 4.69) is 206 Å². The second-order valence-corrected chi connectivity index (χ2v) is 15.9. The first-order valence-corrected chi connectivity index (χ1v) is 20.5. The van der Waals surface area contributed by atoms with Gasteiger partial charge in [-0.05, 0) is 120 Å². The maximum atomic E-state index is 5.16. The van der Waals surface area contributed by atoms with E-state index in [0.29, 0.717) is 5.92 Å². The van der Waals surface area contributed by atoms with Crippen LogP contribution in [-0.2, 0) is 14.1 Å². The fraction of sp³-hybridized carbons (Fsp3) is 0.0909. The number of benzene rings is 8. The summed E-state index contributed by atoms with van der Waals surface area (Å²) in [6.45, 7) is 2.29. The van der Waals surface area contributed by atoms with Crippen molar-refractivity contribution < 1.29 is 0 Å². The highest BCUT2D eigenvalue weighted by atomic mass is 15.1. The normalized spacial score (nSPS) is 14.2. The summed E-state index contributed by atoms with van der Waals surface area (Å²) in [5.74, 6) is 2.44. The molecule has 0 fully saturated rings. The van der Waals surface area contributed by atoms with E-state index < -0.39 is 0 Å². The highest BCUT2D eigenvalue weighted by Crippen LogP contribution is 2.45. The molecule has 10 aromatic rings. The molecule has 4 heteroatoms. The Morgan fingerprint density at radius 2 is 1.00 bits per heavy atom. The van der Waals surface area contributed by atoms with Crippen molar-refractivity contribution >= 4 is 49.2 Å². The van der Waals surface area contributed by atoms with Gasteiger partial charge in [0.2, 0.25) is 0 Å². The Hall–Kier alpha value is -7.30. The lowest BCUT2D eigenvalue weighted by Gasteiger charge is -2.18. The Morgan fingerprint density at radius 3 is 1.63 bits per heavy atom. The maximum Gasteiger partial charge on any atom is 0.140 e. The van der Waals surface area contributed by atoms with Crippen molar-refractivity contribution in [3.8, 4) is 55.9 Å². The van der Waals surface area contributed by atoms with Gasteiger partial charge in [0.05, 0.1) is 22.1 Å². The monoisotopic (exact) mass is 758 g/mol. The van der Waals surface area contributed by atoms with E-state index in [9.17, 15) is 0 Å². The number of imidazole rings is 2. The molecule has 0 spiro atoms. The summed E-state index contributed by atoms with van der Waals surface area (Å²) in [5, 5.41) is 4.89. The molecule has 0 saturated carbocycles. The van der Waals surface area contributed by atoms with Gasteiger partial charge in [-0.15, -0.1) is 0 Å². The summed E-state index contributed by atoms with van der Waals surface area (Å²) in [5.41, 5.74) is 16.2. The largest absolute Gasteiger partial charge is 0.327 e. The van der Waals surface area contributed by atoms with Crippen LogP contribution in [0, 0.1) is 5.92 Å². The van der Waals surface area contributed by atoms with Crippen molar-refractivity contribution in [1.29, 1.82) is 0 Å². The van der Waals surface area contributed by atoms with Crippen LogP contribution in [0.4, 0.5) is 0 Å². The molecule has 1 aliphatic carbocycles. The van der Waals surface area contributed by atoms with E-state index in [1.54, 1.807) is 0 Å². The topological polar surface area (TPSA) is 35.6 Å². The average Bonchev–Trinajstić information content (AvgIpc) is 3.80. The first kappa shape index (κ1) is 34.9. The molecule has 1 aliphatic rings. The van der Waals surface area contributed by atoms with Gasteiger partial charge in [0.25, 0.3) is 0 Å². The average molecular weight is 759 g/mol. The van der Waals surface area contributed by atoms with E-state index in [-0.39, 0.29) is 0 Å². The van der Waals surface area contributed by atoms with Crippen molar-refractivity contribution in [3.63, 3.8) is 0 Å². The lowest BCUT2D eigenvalue weighted by Crippen LogP contribution is -2.06. The second kappa shape index (κ2) is 14.0. The van der Waals surface area contributed by atoms with Gasteiger partial charge >= 0.3 is 0 Å². The lowest BCUT2D eigenvalue weighted by molar-refractivity contribution is 0.738. The molecule has 2 heterocycles. The third-order valence-corrected chi connectivity index (χ3v) is 12.4. The zero-order valence-electron chi connectivity index (χ0n) is 33.4.